The quantitative estimate of drug-likeness (QED) is 0.709. The first kappa shape index (κ1) is 8.74. The van der Waals surface area contributed by atoms with E-state index >= 15 is 0 Å². The van der Waals surface area contributed by atoms with Crippen LogP contribution in [-0.2, 0) is 0 Å². The zero-order chi connectivity index (χ0) is 10.3. The largest absolute Gasteiger partial charge is 0.504 e. The third-order valence-electron chi connectivity index (χ3n) is 1.96. The average molecular weight is 194 g/mol. The first-order chi connectivity index (χ1) is 6.61. The third kappa shape index (κ3) is 1.08. The Hall–Kier alpha value is -1.84. The maximum absolute atomic E-state index is 13.1. The first-order valence-electron chi connectivity index (χ1n) is 4.02. The van der Waals surface area contributed by atoms with Gasteiger partial charge < -0.3 is 9.52 Å². The van der Waals surface area contributed by atoms with Crippen LogP contribution >= 0.6 is 0 Å². The van der Waals surface area contributed by atoms with Crippen LogP contribution in [0.1, 0.15) is 17.5 Å². The number of fused-ring (bicyclic) bond motifs is 1. The van der Waals surface area contributed by atoms with E-state index in [4.69, 9.17) is 4.42 Å². The molecular formula is C10H7FO3. The summed E-state index contributed by atoms with van der Waals surface area (Å²) in [7, 11) is 0. The third-order valence-corrected chi connectivity index (χ3v) is 1.96. The number of halogens is 1. The molecule has 0 atom stereocenters. The van der Waals surface area contributed by atoms with E-state index in [-0.39, 0.29) is 22.5 Å². The molecule has 2 rings (SSSR count). The second-order valence-electron chi connectivity index (χ2n) is 2.95. The summed E-state index contributed by atoms with van der Waals surface area (Å²) in [6.07, 6.45) is 0. The molecule has 72 valence electrons. The van der Waals surface area contributed by atoms with Gasteiger partial charge in [0, 0.05) is 6.92 Å². The van der Waals surface area contributed by atoms with Crippen molar-refractivity contribution in [1.29, 1.82) is 0 Å². The van der Waals surface area contributed by atoms with Crippen LogP contribution in [-0.4, -0.2) is 10.9 Å². The summed E-state index contributed by atoms with van der Waals surface area (Å²) in [4.78, 5) is 11.0. The molecule has 0 spiro atoms. The highest BCUT2D eigenvalue weighted by Gasteiger charge is 2.18. The minimum absolute atomic E-state index is 0.0878. The lowest BCUT2D eigenvalue weighted by atomic mass is 10.2. The number of ketones is 1. The topological polar surface area (TPSA) is 50.4 Å². The Morgan fingerprint density at radius 3 is 2.79 bits per heavy atom. The Morgan fingerprint density at radius 2 is 2.21 bits per heavy atom. The van der Waals surface area contributed by atoms with Gasteiger partial charge in [0.25, 0.3) is 0 Å². The molecule has 0 saturated carbocycles. The van der Waals surface area contributed by atoms with Crippen LogP contribution in [0.3, 0.4) is 0 Å². The first-order valence-corrected chi connectivity index (χ1v) is 4.02. The Labute approximate surface area is 78.8 Å². The predicted molar refractivity (Wildman–Crippen MR) is 47.8 cm³/mol. The standard InChI is InChI=1S/C10H7FO3/c1-5(12)9-8(13)6-3-2-4-7(11)10(6)14-9/h2-4,13H,1H3. The minimum atomic E-state index is -0.592. The predicted octanol–water partition coefficient (Wildman–Crippen LogP) is 2.48. The molecule has 0 saturated heterocycles. The van der Waals surface area contributed by atoms with E-state index < -0.39 is 11.6 Å². The molecule has 0 aliphatic rings. The van der Waals surface area contributed by atoms with Gasteiger partial charge in [-0.2, -0.15) is 0 Å². The zero-order valence-corrected chi connectivity index (χ0v) is 7.37. The second-order valence-corrected chi connectivity index (χ2v) is 2.95. The van der Waals surface area contributed by atoms with Gasteiger partial charge in [-0.1, -0.05) is 6.07 Å². The van der Waals surface area contributed by atoms with E-state index in [1.807, 2.05) is 0 Å². The van der Waals surface area contributed by atoms with E-state index in [0.29, 0.717) is 0 Å². The summed E-state index contributed by atoms with van der Waals surface area (Å²) >= 11 is 0. The van der Waals surface area contributed by atoms with Gasteiger partial charge in [-0.05, 0) is 12.1 Å². The van der Waals surface area contributed by atoms with Crippen molar-refractivity contribution in [2.45, 2.75) is 6.92 Å². The summed E-state index contributed by atoms with van der Waals surface area (Å²) in [6.45, 7) is 1.25. The summed E-state index contributed by atoms with van der Waals surface area (Å²) < 4.78 is 18.0. The fraction of sp³-hybridized carbons (Fsp3) is 0.100. The molecular weight excluding hydrogens is 187 g/mol. The second kappa shape index (κ2) is 2.83. The number of para-hydroxylation sites is 1. The molecule has 1 aromatic heterocycles. The van der Waals surface area contributed by atoms with E-state index in [1.165, 1.54) is 25.1 Å². The van der Waals surface area contributed by atoms with E-state index in [1.54, 1.807) is 0 Å². The van der Waals surface area contributed by atoms with Crippen LogP contribution in [0.25, 0.3) is 11.0 Å². The van der Waals surface area contributed by atoms with Gasteiger partial charge in [0.2, 0.25) is 5.76 Å². The van der Waals surface area contributed by atoms with Gasteiger partial charge >= 0.3 is 0 Å². The van der Waals surface area contributed by atoms with Crippen molar-refractivity contribution in [3.05, 3.63) is 29.8 Å². The molecule has 0 unspecified atom stereocenters. The van der Waals surface area contributed by atoms with Crippen LogP contribution in [0.4, 0.5) is 4.39 Å². The van der Waals surface area contributed by atoms with Crippen LogP contribution in [0.5, 0.6) is 5.75 Å². The minimum Gasteiger partial charge on any atom is -0.504 e. The Bertz CT molecular complexity index is 513. The Balaban J connectivity index is 2.86. The van der Waals surface area contributed by atoms with Gasteiger partial charge in [0.1, 0.15) is 0 Å². The van der Waals surface area contributed by atoms with Gasteiger partial charge in [0.15, 0.2) is 22.9 Å². The van der Waals surface area contributed by atoms with Crippen LogP contribution in [0, 0.1) is 5.82 Å². The summed E-state index contributed by atoms with van der Waals surface area (Å²) in [5.74, 6) is -1.53. The fourth-order valence-electron chi connectivity index (χ4n) is 1.31. The van der Waals surface area contributed by atoms with E-state index in [0.717, 1.165) is 0 Å². The molecule has 0 radical (unpaired) electrons. The number of Topliss-reactive ketones (excluding diaryl/α,β-unsaturated/α-hetero) is 1. The number of carbonyl (C=O) groups excluding carboxylic acids is 1. The van der Waals surface area contributed by atoms with Gasteiger partial charge in [-0.3, -0.25) is 4.79 Å². The van der Waals surface area contributed by atoms with Gasteiger partial charge in [-0.25, -0.2) is 4.39 Å². The number of hydrogen-bond acceptors (Lipinski definition) is 3. The molecule has 1 aromatic carbocycles. The van der Waals surface area contributed by atoms with Crippen molar-refractivity contribution in [3.63, 3.8) is 0 Å². The van der Waals surface area contributed by atoms with Crippen LogP contribution in [0.2, 0.25) is 0 Å². The Kier molecular flexibility index (Phi) is 1.77. The molecule has 0 aliphatic heterocycles. The smallest absolute Gasteiger partial charge is 0.212 e. The van der Waals surface area contributed by atoms with Crippen LogP contribution in [0.15, 0.2) is 22.6 Å². The van der Waals surface area contributed by atoms with Crippen molar-refractivity contribution < 1.29 is 18.7 Å². The summed E-state index contributed by atoms with van der Waals surface area (Å²) in [5, 5.41) is 9.72. The summed E-state index contributed by atoms with van der Waals surface area (Å²) in [5.41, 5.74) is -0.0878. The molecule has 2 aromatic rings. The Morgan fingerprint density at radius 1 is 1.50 bits per heavy atom. The molecule has 4 heteroatoms. The summed E-state index contributed by atoms with van der Waals surface area (Å²) in [6, 6.07) is 4.13. The monoisotopic (exact) mass is 194 g/mol. The molecule has 0 aliphatic carbocycles. The lowest BCUT2D eigenvalue weighted by molar-refractivity contribution is 0.0985. The van der Waals surface area contributed by atoms with Gasteiger partial charge in [-0.15, -0.1) is 0 Å². The average Bonchev–Trinajstić information content (AvgIpc) is 2.46. The molecule has 3 nitrogen and oxygen atoms in total. The van der Waals surface area contributed by atoms with E-state index in [9.17, 15) is 14.3 Å². The maximum Gasteiger partial charge on any atom is 0.212 e. The molecule has 0 fully saturated rings. The lowest BCUT2D eigenvalue weighted by Gasteiger charge is -1.88. The lowest BCUT2D eigenvalue weighted by Crippen LogP contribution is -1.87. The molecule has 0 amide bonds. The normalized spacial score (nSPS) is 10.7. The number of aromatic hydroxyl groups is 1. The van der Waals surface area contributed by atoms with Crippen molar-refractivity contribution >= 4 is 16.8 Å². The maximum atomic E-state index is 13.1. The fourth-order valence-corrected chi connectivity index (χ4v) is 1.31. The van der Waals surface area contributed by atoms with Crippen molar-refractivity contribution in [2.24, 2.45) is 0 Å². The van der Waals surface area contributed by atoms with Gasteiger partial charge in [0.05, 0.1) is 5.39 Å². The number of hydrogen-bond donors (Lipinski definition) is 1. The highest BCUT2D eigenvalue weighted by atomic mass is 19.1. The SMILES string of the molecule is CC(=O)c1oc2c(F)cccc2c1O. The van der Waals surface area contributed by atoms with Crippen molar-refractivity contribution in [3.8, 4) is 5.75 Å². The van der Waals surface area contributed by atoms with Crippen molar-refractivity contribution in [2.75, 3.05) is 0 Å². The number of carbonyl (C=O) groups is 1. The number of rotatable bonds is 1. The molecule has 14 heavy (non-hydrogen) atoms. The number of benzene rings is 1. The zero-order valence-electron chi connectivity index (χ0n) is 7.37. The van der Waals surface area contributed by atoms with Crippen LogP contribution < -0.4 is 0 Å². The number of furan rings is 1. The van der Waals surface area contributed by atoms with E-state index in [2.05, 4.69) is 0 Å². The molecule has 1 heterocycles. The highest BCUT2D eigenvalue weighted by molar-refractivity contribution is 6.01. The molecule has 0 bridgehead atoms. The highest BCUT2D eigenvalue weighted by Crippen LogP contribution is 2.33. The van der Waals surface area contributed by atoms with Crippen molar-refractivity contribution in [1.82, 2.24) is 0 Å². The molecule has 1 N–H and O–H groups in total.